The molecule has 0 spiro atoms. The molecule has 3 heteroatoms. The number of aliphatic hydroxyl groups excluding tert-OH is 1. The van der Waals surface area contributed by atoms with Gasteiger partial charge in [-0.05, 0) is 12.1 Å². The van der Waals surface area contributed by atoms with Gasteiger partial charge in [0, 0.05) is 22.2 Å². The first-order chi connectivity index (χ1) is 8.68. The lowest BCUT2D eigenvalue weighted by Gasteiger charge is -2.03. The monoisotopic (exact) mass is 255 g/mol. The minimum absolute atomic E-state index is 0.0382. The van der Waals surface area contributed by atoms with E-state index < -0.39 is 0 Å². The zero-order valence-electron chi connectivity index (χ0n) is 9.74. The van der Waals surface area contributed by atoms with E-state index >= 15 is 0 Å². The van der Waals surface area contributed by atoms with Crippen molar-refractivity contribution in [3.8, 4) is 0 Å². The largest absolute Gasteiger partial charge is 0.508 e. The number of hydrogen-bond donors (Lipinski definition) is 2. The van der Waals surface area contributed by atoms with Gasteiger partial charge in [-0.25, -0.2) is 0 Å². The van der Waals surface area contributed by atoms with Gasteiger partial charge >= 0.3 is 0 Å². The van der Waals surface area contributed by atoms with E-state index in [1.807, 2.05) is 42.5 Å². The molecule has 0 aliphatic rings. The van der Waals surface area contributed by atoms with E-state index in [0.29, 0.717) is 5.56 Å². The Balaban J connectivity index is 2.35. The van der Waals surface area contributed by atoms with Gasteiger partial charge in [-0.15, -0.1) is 12.6 Å². The maximum absolute atomic E-state index is 9.49. The maximum Gasteiger partial charge on any atom is 0.116 e. The number of para-hydroxylation sites is 1. The van der Waals surface area contributed by atoms with E-state index in [1.165, 1.54) is 0 Å². The molecule has 0 radical (unpaired) electrons. The fourth-order valence-corrected chi connectivity index (χ4v) is 1.80. The van der Waals surface area contributed by atoms with Crippen LogP contribution in [0.5, 0.6) is 0 Å². The quantitative estimate of drug-likeness (QED) is 0.479. The number of aliphatic hydroxyl groups is 1. The summed E-state index contributed by atoms with van der Waals surface area (Å²) >= 11 is 4.33. The van der Waals surface area contributed by atoms with Gasteiger partial charge < -0.3 is 5.11 Å². The van der Waals surface area contributed by atoms with Crippen LogP contribution in [0.4, 0.5) is 5.69 Å². The zero-order valence-corrected chi connectivity index (χ0v) is 10.6. The summed E-state index contributed by atoms with van der Waals surface area (Å²) in [5.74, 6) is 0.0382. The molecule has 0 saturated heterocycles. The molecule has 0 amide bonds. The Kier molecular flexibility index (Phi) is 3.85. The van der Waals surface area contributed by atoms with Gasteiger partial charge in [-0.2, -0.15) is 0 Å². The highest BCUT2D eigenvalue weighted by Gasteiger charge is 2.01. The van der Waals surface area contributed by atoms with Crippen molar-refractivity contribution in [1.82, 2.24) is 0 Å². The van der Waals surface area contributed by atoms with Crippen molar-refractivity contribution in [2.75, 3.05) is 0 Å². The molecule has 0 heterocycles. The number of nitrogens with zero attached hydrogens (tertiary/aromatic N) is 1. The summed E-state index contributed by atoms with van der Waals surface area (Å²) in [4.78, 5) is 5.18. The lowest BCUT2D eigenvalue weighted by Crippen LogP contribution is -1.90. The second-order valence-corrected chi connectivity index (χ2v) is 4.26. The fraction of sp³-hybridized carbons (Fsp3) is 0. The Morgan fingerprint density at radius 2 is 1.78 bits per heavy atom. The van der Waals surface area contributed by atoms with Crippen LogP contribution in [0.15, 0.2) is 65.0 Å². The van der Waals surface area contributed by atoms with Crippen LogP contribution in [-0.2, 0) is 0 Å². The molecule has 0 fully saturated rings. The van der Waals surface area contributed by atoms with Crippen LogP contribution in [0.3, 0.4) is 0 Å². The van der Waals surface area contributed by atoms with E-state index in [1.54, 1.807) is 12.3 Å². The highest BCUT2D eigenvalue weighted by atomic mass is 32.1. The summed E-state index contributed by atoms with van der Waals surface area (Å²) in [7, 11) is 0. The summed E-state index contributed by atoms with van der Waals surface area (Å²) < 4.78 is 0. The van der Waals surface area contributed by atoms with Crippen molar-refractivity contribution in [3.05, 3.63) is 66.2 Å². The summed E-state index contributed by atoms with van der Waals surface area (Å²) in [6, 6.07) is 15.0. The molecule has 2 rings (SSSR count). The molecular weight excluding hydrogens is 242 g/mol. The van der Waals surface area contributed by atoms with Crippen LogP contribution in [-0.4, -0.2) is 11.3 Å². The average molecular weight is 255 g/mol. The molecule has 18 heavy (non-hydrogen) atoms. The van der Waals surface area contributed by atoms with Gasteiger partial charge in [0.2, 0.25) is 0 Å². The maximum atomic E-state index is 9.49. The minimum atomic E-state index is 0.0382. The summed E-state index contributed by atoms with van der Waals surface area (Å²) in [5, 5.41) is 9.49. The van der Waals surface area contributed by atoms with Crippen LogP contribution in [0.2, 0.25) is 0 Å². The Morgan fingerprint density at radius 3 is 2.50 bits per heavy atom. The van der Waals surface area contributed by atoms with Crippen molar-refractivity contribution >= 4 is 30.3 Å². The second kappa shape index (κ2) is 5.56. The Hall–Kier alpha value is -2.00. The standard InChI is InChI=1S/C15H13NOS/c1-11(17)13-7-3-2-6-12(13)10-16-14-8-4-5-9-15(14)18/h2-10,17-18H,1H2. The third-order valence-corrected chi connectivity index (χ3v) is 2.87. The fourth-order valence-electron chi connectivity index (χ4n) is 1.58. The molecule has 2 aromatic rings. The van der Waals surface area contributed by atoms with Crippen LogP contribution in [0, 0.1) is 0 Å². The first-order valence-corrected chi connectivity index (χ1v) is 5.92. The van der Waals surface area contributed by atoms with Crippen LogP contribution in [0.1, 0.15) is 11.1 Å². The molecule has 0 aliphatic heterocycles. The van der Waals surface area contributed by atoms with Crippen LogP contribution in [0.25, 0.3) is 5.76 Å². The molecule has 2 nitrogen and oxygen atoms in total. The highest BCUT2D eigenvalue weighted by Crippen LogP contribution is 2.22. The van der Waals surface area contributed by atoms with E-state index in [9.17, 15) is 5.11 Å². The van der Waals surface area contributed by atoms with E-state index in [0.717, 1.165) is 16.1 Å². The third kappa shape index (κ3) is 2.81. The minimum Gasteiger partial charge on any atom is -0.508 e. The number of hydrogen-bond acceptors (Lipinski definition) is 3. The molecule has 1 N–H and O–H groups in total. The SMILES string of the molecule is C=C(O)c1ccccc1C=Nc1ccccc1S. The van der Waals surface area contributed by atoms with Gasteiger partial charge in [-0.1, -0.05) is 43.0 Å². The van der Waals surface area contributed by atoms with Gasteiger partial charge in [0.05, 0.1) is 5.69 Å². The van der Waals surface area contributed by atoms with Crippen molar-refractivity contribution in [1.29, 1.82) is 0 Å². The van der Waals surface area contributed by atoms with E-state index in [2.05, 4.69) is 24.2 Å². The van der Waals surface area contributed by atoms with Gasteiger partial charge in [0.25, 0.3) is 0 Å². The predicted octanol–water partition coefficient (Wildman–Crippen LogP) is 4.25. The van der Waals surface area contributed by atoms with Crippen molar-refractivity contribution in [3.63, 3.8) is 0 Å². The molecule has 0 aromatic heterocycles. The molecule has 0 atom stereocenters. The van der Waals surface area contributed by atoms with Gasteiger partial charge in [0.15, 0.2) is 0 Å². The Bertz CT molecular complexity index is 605. The summed E-state index contributed by atoms with van der Waals surface area (Å²) in [6.45, 7) is 3.54. The molecule has 0 aliphatic carbocycles. The Morgan fingerprint density at radius 1 is 1.11 bits per heavy atom. The number of benzene rings is 2. The first kappa shape index (κ1) is 12.5. The highest BCUT2D eigenvalue weighted by molar-refractivity contribution is 7.80. The third-order valence-electron chi connectivity index (χ3n) is 2.50. The molecule has 90 valence electrons. The summed E-state index contributed by atoms with van der Waals surface area (Å²) in [5.41, 5.74) is 2.29. The molecule has 0 bridgehead atoms. The van der Waals surface area contributed by atoms with Crippen molar-refractivity contribution < 1.29 is 5.11 Å². The molecule has 0 saturated carbocycles. The molecular formula is C15H13NOS. The van der Waals surface area contributed by atoms with E-state index in [-0.39, 0.29) is 5.76 Å². The smallest absolute Gasteiger partial charge is 0.116 e. The second-order valence-electron chi connectivity index (χ2n) is 3.78. The average Bonchev–Trinajstić information content (AvgIpc) is 2.38. The van der Waals surface area contributed by atoms with Crippen molar-refractivity contribution in [2.24, 2.45) is 4.99 Å². The lowest BCUT2D eigenvalue weighted by molar-refractivity contribution is 0.513. The predicted molar refractivity (Wildman–Crippen MR) is 79.1 cm³/mol. The summed E-state index contributed by atoms with van der Waals surface area (Å²) in [6.07, 6.45) is 1.70. The molecule has 0 unspecified atom stereocenters. The first-order valence-electron chi connectivity index (χ1n) is 5.48. The lowest BCUT2D eigenvalue weighted by atomic mass is 10.1. The van der Waals surface area contributed by atoms with Gasteiger partial charge in [-0.3, -0.25) is 4.99 Å². The zero-order chi connectivity index (χ0) is 13.0. The van der Waals surface area contributed by atoms with E-state index in [4.69, 9.17) is 0 Å². The number of rotatable bonds is 3. The number of thiol groups is 1. The molecule has 2 aromatic carbocycles. The topological polar surface area (TPSA) is 32.6 Å². The van der Waals surface area contributed by atoms with Crippen LogP contribution < -0.4 is 0 Å². The van der Waals surface area contributed by atoms with Gasteiger partial charge in [0.1, 0.15) is 5.76 Å². The number of aliphatic imine (C=N–C) groups is 1. The Labute approximate surface area is 112 Å². The van der Waals surface area contributed by atoms with Crippen LogP contribution >= 0.6 is 12.6 Å². The normalized spacial score (nSPS) is 10.7. The van der Waals surface area contributed by atoms with Crippen molar-refractivity contribution in [2.45, 2.75) is 4.90 Å².